The monoisotopic (exact) mass is 370 g/mol. The van der Waals surface area contributed by atoms with E-state index >= 15 is 0 Å². The quantitative estimate of drug-likeness (QED) is 0.844. The van der Waals surface area contributed by atoms with Gasteiger partial charge >= 0.3 is 0 Å². The second kappa shape index (κ2) is 6.19. The van der Waals surface area contributed by atoms with Crippen molar-refractivity contribution in [1.29, 1.82) is 0 Å². The number of rotatable bonds is 3. The smallest absolute Gasteiger partial charge is 0.0462 e. The van der Waals surface area contributed by atoms with Crippen molar-refractivity contribution in [3.63, 3.8) is 0 Å². The predicted molar refractivity (Wildman–Crippen MR) is 92.8 cm³/mol. The van der Waals surface area contributed by atoms with Crippen LogP contribution in [-0.2, 0) is 6.54 Å². The molecule has 1 N–H and O–H groups in total. The molecule has 116 valence electrons. The maximum Gasteiger partial charge on any atom is 0.0462 e. The molecule has 1 aromatic carbocycles. The number of hydrogen-bond acceptors (Lipinski definition) is 2. The second-order valence-corrected chi connectivity index (χ2v) is 8.22. The predicted octanol–water partition coefficient (Wildman–Crippen LogP) is 4.46. The Kier molecular flexibility index (Phi) is 4.66. The first-order valence-electron chi connectivity index (χ1n) is 7.91. The highest BCUT2D eigenvalue weighted by molar-refractivity contribution is 9.10. The molecule has 4 heteroatoms. The van der Waals surface area contributed by atoms with Crippen LogP contribution in [0.15, 0.2) is 22.7 Å². The Morgan fingerprint density at radius 3 is 2.81 bits per heavy atom. The molecule has 1 saturated carbocycles. The van der Waals surface area contributed by atoms with Crippen LogP contribution < -0.4 is 5.32 Å². The van der Waals surface area contributed by atoms with Crippen molar-refractivity contribution in [3.05, 3.63) is 33.3 Å². The molecule has 0 amide bonds. The molecule has 2 atom stereocenters. The maximum atomic E-state index is 6.41. The summed E-state index contributed by atoms with van der Waals surface area (Å²) in [4.78, 5) is 2.60. The third kappa shape index (κ3) is 3.64. The van der Waals surface area contributed by atoms with Crippen molar-refractivity contribution in [3.8, 4) is 0 Å². The minimum Gasteiger partial charge on any atom is -0.310 e. The number of benzene rings is 1. The number of halogens is 2. The van der Waals surface area contributed by atoms with Crippen molar-refractivity contribution in [1.82, 2.24) is 10.2 Å². The third-order valence-corrected chi connectivity index (χ3v) is 5.96. The molecule has 1 heterocycles. The summed E-state index contributed by atoms with van der Waals surface area (Å²) in [7, 11) is 0. The van der Waals surface area contributed by atoms with E-state index in [1.165, 1.54) is 24.8 Å². The zero-order valence-corrected chi connectivity index (χ0v) is 15.2. The van der Waals surface area contributed by atoms with E-state index in [9.17, 15) is 0 Å². The fourth-order valence-electron chi connectivity index (χ4n) is 3.46. The summed E-state index contributed by atoms with van der Waals surface area (Å²) in [6.45, 7) is 7.92. The van der Waals surface area contributed by atoms with Crippen molar-refractivity contribution in [2.24, 2.45) is 5.92 Å². The normalized spacial score (nSPS) is 31.1. The van der Waals surface area contributed by atoms with Gasteiger partial charge in [0, 0.05) is 34.2 Å². The van der Waals surface area contributed by atoms with E-state index in [-0.39, 0.29) is 5.54 Å². The minimum absolute atomic E-state index is 0.270. The first-order valence-corrected chi connectivity index (χ1v) is 9.08. The molecule has 2 fully saturated rings. The highest BCUT2D eigenvalue weighted by Gasteiger charge is 2.43. The molecule has 0 spiro atoms. The van der Waals surface area contributed by atoms with Crippen molar-refractivity contribution >= 4 is 27.5 Å². The Bertz CT molecular complexity index is 518. The van der Waals surface area contributed by atoms with Crippen molar-refractivity contribution < 1.29 is 0 Å². The molecule has 1 saturated heterocycles. The molecule has 2 unspecified atom stereocenters. The Morgan fingerprint density at radius 1 is 1.38 bits per heavy atom. The van der Waals surface area contributed by atoms with E-state index < -0.39 is 0 Å². The van der Waals surface area contributed by atoms with Gasteiger partial charge in [-0.1, -0.05) is 33.6 Å². The van der Waals surface area contributed by atoms with Gasteiger partial charge in [-0.05, 0) is 63.3 Å². The van der Waals surface area contributed by atoms with E-state index in [0.29, 0.717) is 6.04 Å². The number of nitrogens with zero attached hydrogens (tertiary/aromatic N) is 1. The summed E-state index contributed by atoms with van der Waals surface area (Å²) in [5.74, 6) is 0.852. The van der Waals surface area contributed by atoms with E-state index in [1.54, 1.807) is 0 Å². The van der Waals surface area contributed by atoms with Crippen LogP contribution in [0.4, 0.5) is 0 Å². The standard InChI is InChI=1S/C17H24BrClN2/c1-12-7-8-20-17(2,14-4-5-14)11-21(12)10-13-3-6-15(18)9-16(13)19/h3,6,9,12,14,20H,4-5,7-8,10-11H2,1-2H3. The lowest BCUT2D eigenvalue weighted by Crippen LogP contribution is -2.51. The van der Waals surface area contributed by atoms with Gasteiger partial charge in [0.25, 0.3) is 0 Å². The van der Waals surface area contributed by atoms with Gasteiger partial charge < -0.3 is 5.32 Å². The summed E-state index contributed by atoms with van der Waals surface area (Å²) >= 11 is 9.89. The summed E-state index contributed by atoms with van der Waals surface area (Å²) in [6, 6.07) is 6.82. The van der Waals surface area contributed by atoms with Crippen LogP contribution >= 0.6 is 27.5 Å². The molecule has 0 aromatic heterocycles. The zero-order valence-electron chi connectivity index (χ0n) is 12.8. The second-order valence-electron chi connectivity index (χ2n) is 6.90. The molecule has 2 aliphatic rings. The Labute approximate surface area is 141 Å². The molecule has 0 radical (unpaired) electrons. The molecule has 0 bridgehead atoms. The van der Waals surface area contributed by atoms with Gasteiger partial charge in [-0.2, -0.15) is 0 Å². The summed E-state index contributed by atoms with van der Waals surface area (Å²) in [6.07, 6.45) is 3.96. The van der Waals surface area contributed by atoms with Gasteiger partial charge in [0.15, 0.2) is 0 Å². The fraction of sp³-hybridized carbons (Fsp3) is 0.647. The average Bonchev–Trinajstić information content (AvgIpc) is 3.24. The summed E-state index contributed by atoms with van der Waals surface area (Å²) < 4.78 is 1.05. The summed E-state index contributed by atoms with van der Waals surface area (Å²) in [5, 5.41) is 4.67. The first kappa shape index (κ1) is 15.8. The first-order chi connectivity index (χ1) is 9.98. The van der Waals surface area contributed by atoms with Crippen molar-refractivity contribution in [2.75, 3.05) is 13.1 Å². The lowest BCUT2D eigenvalue weighted by Gasteiger charge is -2.36. The molecule has 2 nitrogen and oxygen atoms in total. The van der Waals surface area contributed by atoms with Gasteiger partial charge in [0.2, 0.25) is 0 Å². The number of hydrogen-bond donors (Lipinski definition) is 1. The molecule has 21 heavy (non-hydrogen) atoms. The lowest BCUT2D eigenvalue weighted by molar-refractivity contribution is 0.155. The van der Waals surface area contributed by atoms with E-state index in [4.69, 9.17) is 11.6 Å². The van der Waals surface area contributed by atoms with Gasteiger partial charge in [0.05, 0.1) is 0 Å². The molecular weight excluding hydrogens is 348 g/mol. The zero-order chi connectivity index (χ0) is 15.0. The summed E-state index contributed by atoms with van der Waals surface area (Å²) in [5.41, 5.74) is 1.50. The van der Waals surface area contributed by atoms with Crippen LogP contribution in [0, 0.1) is 5.92 Å². The lowest BCUT2D eigenvalue weighted by atomic mass is 9.95. The van der Waals surface area contributed by atoms with Crippen LogP contribution in [0.25, 0.3) is 0 Å². The molecule has 3 rings (SSSR count). The third-order valence-electron chi connectivity index (χ3n) is 5.11. The van der Waals surface area contributed by atoms with Gasteiger partial charge in [0.1, 0.15) is 0 Å². The van der Waals surface area contributed by atoms with Gasteiger partial charge in [-0.15, -0.1) is 0 Å². The maximum absolute atomic E-state index is 6.41. The molecule has 1 aliphatic heterocycles. The fourth-order valence-corrected chi connectivity index (χ4v) is 4.19. The van der Waals surface area contributed by atoms with Crippen LogP contribution in [-0.4, -0.2) is 29.6 Å². The van der Waals surface area contributed by atoms with E-state index in [1.807, 2.05) is 6.07 Å². The Hall–Kier alpha value is -0.0900. The SMILES string of the molecule is CC1CCNC(C)(C2CC2)CN1Cc1ccc(Br)cc1Cl. The average molecular weight is 372 g/mol. The Morgan fingerprint density at radius 2 is 2.14 bits per heavy atom. The van der Waals surface area contributed by atoms with Crippen molar-refractivity contribution in [2.45, 2.75) is 51.2 Å². The Balaban J connectivity index is 1.77. The molecule has 1 aromatic rings. The largest absolute Gasteiger partial charge is 0.310 e. The van der Waals surface area contributed by atoms with Gasteiger partial charge in [-0.3, -0.25) is 4.90 Å². The topological polar surface area (TPSA) is 15.3 Å². The molecule has 1 aliphatic carbocycles. The van der Waals surface area contributed by atoms with Crippen LogP contribution in [0.2, 0.25) is 5.02 Å². The van der Waals surface area contributed by atoms with Crippen LogP contribution in [0.5, 0.6) is 0 Å². The van der Waals surface area contributed by atoms with E-state index in [0.717, 1.165) is 35.0 Å². The van der Waals surface area contributed by atoms with Crippen LogP contribution in [0.1, 0.15) is 38.7 Å². The minimum atomic E-state index is 0.270. The van der Waals surface area contributed by atoms with E-state index in [2.05, 4.69) is 52.1 Å². The van der Waals surface area contributed by atoms with Crippen LogP contribution in [0.3, 0.4) is 0 Å². The van der Waals surface area contributed by atoms with Gasteiger partial charge in [-0.25, -0.2) is 0 Å². The number of nitrogens with one attached hydrogen (secondary N) is 1. The highest BCUT2D eigenvalue weighted by Crippen LogP contribution is 2.41. The molecular formula is C17H24BrClN2. The highest BCUT2D eigenvalue weighted by atomic mass is 79.9.